The Kier molecular flexibility index (Phi) is 5.26. The molecule has 9 rings (SSSR count). The van der Waals surface area contributed by atoms with Gasteiger partial charge in [-0.3, -0.25) is 0 Å². The number of thiophene rings is 1. The summed E-state index contributed by atoms with van der Waals surface area (Å²) in [5.74, 6) is 0. The van der Waals surface area contributed by atoms with Crippen LogP contribution < -0.4 is 4.90 Å². The van der Waals surface area contributed by atoms with Crippen molar-refractivity contribution in [2.75, 3.05) is 4.90 Å². The van der Waals surface area contributed by atoms with E-state index in [-0.39, 0.29) is 0 Å². The fourth-order valence-corrected chi connectivity index (χ4v) is 8.11. The van der Waals surface area contributed by atoms with Crippen LogP contribution in [0, 0.1) is 0 Å². The maximum atomic E-state index is 2.53. The van der Waals surface area contributed by atoms with E-state index in [0.717, 1.165) is 12.8 Å². The second-order valence-corrected chi connectivity index (χ2v) is 12.3. The second kappa shape index (κ2) is 9.30. The van der Waals surface area contributed by atoms with Crippen molar-refractivity contribution < 1.29 is 0 Å². The van der Waals surface area contributed by atoms with Gasteiger partial charge in [-0.05, 0) is 80.9 Å². The minimum Gasteiger partial charge on any atom is -0.310 e. The predicted octanol–water partition coefficient (Wildman–Crippen LogP) is 12.0. The van der Waals surface area contributed by atoms with E-state index >= 15 is 0 Å². The molecule has 0 fully saturated rings. The molecule has 1 aliphatic carbocycles. The number of hydrogen-bond donors (Lipinski definition) is 0. The molecule has 0 saturated carbocycles. The lowest BCUT2D eigenvalue weighted by Gasteiger charge is -2.30. The molecule has 2 heteroatoms. The molecule has 0 N–H and O–H groups in total. The van der Waals surface area contributed by atoms with Crippen LogP contribution >= 0.6 is 11.3 Å². The third-order valence-electron chi connectivity index (χ3n) is 8.81. The minimum absolute atomic E-state index is 1.04. The van der Waals surface area contributed by atoms with E-state index < -0.39 is 0 Å². The number of benzene rings is 7. The van der Waals surface area contributed by atoms with E-state index in [9.17, 15) is 0 Å². The quantitative estimate of drug-likeness (QED) is 0.197. The summed E-state index contributed by atoms with van der Waals surface area (Å²) in [6, 6.07) is 44.9. The third-order valence-corrected chi connectivity index (χ3v) is 9.93. The van der Waals surface area contributed by atoms with Gasteiger partial charge in [0.2, 0.25) is 0 Å². The molecule has 0 atom stereocenters. The van der Waals surface area contributed by atoms with E-state index in [4.69, 9.17) is 0 Å². The predicted molar refractivity (Wildman–Crippen MR) is 184 cm³/mol. The van der Waals surface area contributed by atoms with Gasteiger partial charge in [0.1, 0.15) is 0 Å². The van der Waals surface area contributed by atoms with Gasteiger partial charge in [0.15, 0.2) is 0 Å². The van der Waals surface area contributed by atoms with Crippen LogP contribution in [-0.2, 0) is 0 Å². The topological polar surface area (TPSA) is 3.24 Å². The molecule has 42 heavy (non-hydrogen) atoms. The molecule has 198 valence electrons. The molecule has 1 aliphatic rings. The van der Waals surface area contributed by atoms with Gasteiger partial charge in [0.05, 0.1) is 11.4 Å². The van der Waals surface area contributed by atoms with Crippen LogP contribution in [0.25, 0.3) is 63.3 Å². The summed E-state index contributed by atoms with van der Waals surface area (Å²) in [6.07, 6.45) is 9.17. The first kappa shape index (κ1) is 23.8. The SMILES string of the molecule is C1=CC(N(c2cc3ccc4ccccc4c3c3ccccc23)c2cccc3sc4ccc5ccccc5c4c23)=CCC1. The number of rotatable bonds is 3. The van der Waals surface area contributed by atoms with Crippen molar-refractivity contribution >= 4 is 86.0 Å². The summed E-state index contributed by atoms with van der Waals surface area (Å²) in [7, 11) is 0. The summed E-state index contributed by atoms with van der Waals surface area (Å²) in [5.41, 5.74) is 3.69. The maximum absolute atomic E-state index is 2.53. The van der Waals surface area contributed by atoms with Crippen LogP contribution in [0.15, 0.2) is 145 Å². The third kappa shape index (κ3) is 3.49. The van der Waals surface area contributed by atoms with E-state index in [2.05, 4.69) is 144 Å². The monoisotopic (exact) mass is 553 g/mol. The Bertz CT molecular complexity index is 2420. The number of nitrogens with zero attached hydrogens (tertiary/aromatic N) is 1. The van der Waals surface area contributed by atoms with Gasteiger partial charge in [-0.15, -0.1) is 11.3 Å². The van der Waals surface area contributed by atoms with Crippen LogP contribution in [0.2, 0.25) is 0 Å². The zero-order chi connectivity index (χ0) is 27.6. The first-order valence-corrected chi connectivity index (χ1v) is 15.5. The van der Waals surface area contributed by atoms with Gasteiger partial charge in [0, 0.05) is 31.3 Å². The Morgan fingerprint density at radius 1 is 0.476 bits per heavy atom. The molecule has 0 aliphatic heterocycles. The average Bonchev–Trinajstić information content (AvgIpc) is 3.45. The fraction of sp³-hybridized carbons (Fsp3) is 0.0500. The number of anilines is 2. The fourth-order valence-electron chi connectivity index (χ4n) is 6.97. The average molecular weight is 554 g/mol. The normalized spacial score (nSPS) is 13.6. The molecule has 1 nitrogen and oxygen atoms in total. The maximum Gasteiger partial charge on any atom is 0.0555 e. The Morgan fingerprint density at radius 3 is 1.93 bits per heavy atom. The van der Waals surface area contributed by atoms with E-state index in [1.54, 1.807) is 0 Å². The van der Waals surface area contributed by atoms with Crippen molar-refractivity contribution in [3.63, 3.8) is 0 Å². The van der Waals surface area contributed by atoms with Crippen molar-refractivity contribution in [1.29, 1.82) is 0 Å². The first-order chi connectivity index (χ1) is 20.8. The standard InChI is InChI=1S/C40H27NS/c1-2-13-29(14-3-1)41(34-19-10-20-36-40(34)39-31-16-7-5-12-27(31)23-24-37(39)42-36)35-25-28-22-21-26-11-4-6-15-30(26)38(28)33-18-9-8-17-32(33)35/h2,4-25H,1,3H2. The van der Waals surface area contributed by atoms with Gasteiger partial charge in [0.25, 0.3) is 0 Å². The Labute approximate surface area is 248 Å². The summed E-state index contributed by atoms with van der Waals surface area (Å²) in [4.78, 5) is 2.53. The van der Waals surface area contributed by atoms with Crippen LogP contribution in [0.1, 0.15) is 12.8 Å². The van der Waals surface area contributed by atoms with Gasteiger partial charge < -0.3 is 4.90 Å². The molecule has 0 amide bonds. The van der Waals surface area contributed by atoms with Crippen molar-refractivity contribution in [2.24, 2.45) is 0 Å². The molecule has 0 radical (unpaired) electrons. The first-order valence-electron chi connectivity index (χ1n) is 14.7. The Morgan fingerprint density at radius 2 is 1.14 bits per heavy atom. The highest BCUT2D eigenvalue weighted by atomic mass is 32.1. The lowest BCUT2D eigenvalue weighted by atomic mass is 9.94. The van der Waals surface area contributed by atoms with Gasteiger partial charge in [-0.1, -0.05) is 109 Å². The molecule has 0 saturated heterocycles. The molecule has 0 unspecified atom stereocenters. The van der Waals surface area contributed by atoms with Crippen LogP contribution in [0.4, 0.5) is 11.4 Å². The van der Waals surface area contributed by atoms with Gasteiger partial charge in [-0.25, -0.2) is 0 Å². The molecule has 0 spiro atoms. The Hall–Kier alpha value is -4.92. The molecular formula is C40H27NS. The highest BCUT2D eigenvalue weighted by Crippen LogP contribution is 2.48. The van der Waals surface area contributed by atoms with Crippen LogP contribution in [0.5, 0.6) is 0 Å². The smallest absolute Gasteiger partial charge is 0.0555 e. The largest absolute Gasteiger partial charge is 0.310 e. The molecule has 7 aromatic carbocycles. The van der Waals surface area contributed by atoms with Crippen LogP contribution in [-0.4, -0.2) is 0 Å². The molecule has 8 aromatic rings. The lowest BCUT2D eigenvalue weighted by Crippen LogP contribution is -2.17. The van der Waals surface area contributed by atoms with Gasteiger partial charge >= 0.3 is 0 Å². The number of allylic oxidation sites excluding steroid dienone is 3. The number of fused-ring (bicyclic) bond motifs is 10. The second-order valence-electron chi connectivity index (χ2n) is 11.2. The van der Waals surface area contributed by atoms with E-state index in [1.165, 1.54) is 80.3 Å². The molecular weight excluding hydrogens is 527 g/mol. The zero-order valence-electron chi connectivity index (χ0n) is 23.0. The summed E-state index contributed by atoms with van der Waals surface area (Å²) >= 11 is 1.89. The molecule has 1 heterocycles. The van der Waals surface area contributed by atoms with E-state index in [1.807, 2.05) is 11.3 Å². The summed E-state index contributed by atoms with van der Waals surface area (Å²) < 4.78 is 2.65. The highest BCUT2D eigenvalue weighted by Gasteiger charge is 2.23. The number of hydrogen-bond acceptors (Lipinski definition) is 2. The van der Waals surface area contributed by atoms with Crippen molar-refractivity contribution in [2.45, 2.75) is 12.8 Å². The summed E-state index contributed by atoms with van der Waals surface area (Å²) in [6.45, 7) is 0. The van der Waals surface area contributed by atoms with Gasteiger partial charge in [-0.2, -0.15) is 0 Å². The van der Waals surface area contributed by atoms with Crippen molar-refractivity contribution in [3.05, 3.63) is 145 Å². The minimum atomic E-state index is 1.04. The molecule has 1 aromatic heterocycles. The summed E-state index contributed by atoms with van der Waals surface area (Å²) in [5, 5.41) is 13.0. The lowest BCUT2D eigenvalue weighted by molar-refractivity contribution is 0.999. The van der Waals surface area contributed by atoms with Crippen molar-refractivity contribution in [3.8, 4) is 0 Å². The van der Waals surface area contributed by atoms with E-state index in [0.29, 0.717) is 0 Å². The van der Waals surface area contributed by atoms with Crippen molar-refractivity contribution in [1.82, 2.24) is 0 Å². The Balaban J connectivity index is 1.43. The highest BCUT2D eigenvalue weighted by molar-refractivity contribution is 7.26. The van der Waals surface area contributed by atoms with Crippen LogP contribution in [0.3, 0.4) is 0 Å². The molecule has 0 bridgehead atoms. The zero-order valence-corrected chi connectivity index (χ0v) is 23.9.